The van der Waals surface area contributed by atoms with Crippen LogP contribution in [0.3, 0.4) is 0 Å². The van der Waals surface area contributed by atoms with Gasteiger partial charge in [0.2, 0.25) is 0 Å². The smallest absolute Gasteiger partial charge is 0.0353 e. The molecule has 36 heavy (non-hydrogen) atoms. The van der Waals surface area contributed by atoms with E-state index in [1.165, 1.54) is 76.8 Å². The number of benzene rings is 6. The summed E-state index contributed by atoms with van der Waals surface area (Å²) in [5.74, 6) is 0. The van der Waals surface area contributed by atoms with E-state index in [2.05, 4.69) is 120 Å². The molecule has 1 heteroatoms. The molecule has 166 valence electrons. The highest BCUT2D eigenvalue weighted by atomic mass is 14.6. The lowest BCUT2D eigenvalue weighted by Crippen LogP contribution is -1.92. The van der Waals surface area contributed by atoms with Gasteiger partial charge in [-0.15, -0.1) is 0 Å². The van der Waals surface area contributed by atoms with Gasteiger partial charge in [-0.2, -0.15) is 0 Å². The van der Waals surface area contributed by atoms with E-state index in [0.29, 0.717) is 0 Å². The van der Waals surface area contributed by atoms with Gasteiger partial charge in [-0.05, 0) is 77.5 Å². The fourth-order valence-electron chi connectivity index (χ4n) is 6.25. The summed E-state index contributed by atoms with van der Waals surface area (Å²) in [6, 6.07) is 41.9. The van der Waals surface area contributed by atoms with Crippen LogP contribution in [0.25, 0.3) is 76.8 Å². The summed E-state index contributed by atoms with van der Waals surface area (Å²) in [5.41, 5.74) is 10.3. The molecule has 0 saturated heterocycles. The van der Waals surface area contributed by atoms with Crippen molar-refractivity contribution in [2.45, 2.75) is 0 Å². The molecular formula is C35H21N. The lowest BCUT2D eigenvalue weighted by atomic mass is 9.85. The summed E-state index contributed by atoms with van der Waals surface area (Å²) in [4.78, 5) is 4.60. The molecule has 1 aromatic heterocycles. The lowest BCUT2D eigenvalue weighted by molar-refractivity contribution is 1.37. The predicted molar refractivity (Wildman–Crippen MR) is 152 cm³/mol. The van der Waals surface area contributed by atoms with Crippen molar-refractivity contribution >= 4 is 32.3 Å². The SMILES string of the molecule is c1ccc(-c2c3ccccc3c(-c3ccc4c5c(cccc35)-c3ccccc3-4)c3cnccc23)cc1. The number of rotatable bonds is 2. The number of nitrogens with zero attached hydrogens (tertiary/aromatic N) is 1. The van der Waals surface area contributed by atoms with Gasteiger partial charge >= 0.3 is 0 Å². The summed E-state index contributed by atoms with van der Waals surface area (Å²) < 4.78 is 0. The molecule has 0 saturated carbocycles. The Labute approximate surface area is 209 Å². The molecule has 1 nitrogen and oxygen atoms in total. The van der Waals surface area contributed by atoms with Gasteiger partial charge in [-0.3, -0.25) is 4.98 Å². The minimum Gasteiger partial charge on any atom is -0.264 e. The Morgan fingerprint density at radius 3 is 1.75 bits per heavy atom. The van der Waals surface area contributed by atoms with E-state index in [4.69, 9.17) is 0 Å². The zero-order valence-corrected chi connectivity index (χ0v) is 19.6. The maximum absolute atomic E-state index is 4.60. The van der Waals surface area contributed by atoms with Crippen LogP contribution in [-0.4, -0.2) is 4.98 Å². The Bertz CT molecular complexity index is 1900. The summed E-state index contributed by atoms with van der Waals surface area (Å²) in [6.45, 7) is 0. The molecule has 0 amide bonds. The van der Waals surface area contributed by atoms with Crippen molar-refractivity contribution in [3.63, 3.8) is 0 Å². The van der Waals surface area contributed by atoms with Gasteiger partial charge in [-0.1, -0.05) is 109 Å². The van der Waals surface area contributed by atoms with Gasteiger partial charge in [0.05, 0.1) is 0 Å². The van der Waals surface area contributed by atoms with Crippen LogP contribution in [0.4, 0.5) is 0 Å². The van der Waals surface area contributed by atoms with E-state index in [0.717, 1.165) is 0 Å². The molecule has 8 rings (SSSR count). The van der Waals surface area contributed by atoms with Crippen LogP contribution in [0.2, 0.25) is 0 Å². The Hall–Kier alpha value is -4.75. The minimum absolute atomic E-state index is 1.19. The number of fused-ring (bicyclic) bond motifs is 5. The number of aromatic nitrogens is 1. The first kappa shape index (κ1) is 19.5. The van der Waals surface area contributed by atoms with Crippen LogP contribution in [0, 0.1) is 0 Å². The molecule has 0 unspecified atom stereocenters. The molecular weight excluding hydrogens is 434 g/mol. The van der Waals surface area contributed by atoms with Crippen molar-refractivity contribution in [2.24, 2.45) is 0 Å². The van der Waals surface area contributed by atoms with Gasteiger partial charge in [0.25, 0.3) is 0 Å². The van der Waals surface area contributed by atoms with Crippen molar-refractivity contribution in [1.29, 1.82) is 0 Å². The molecule has 7 aromatic rings. The molecule has 0 bridgehead atoms. The van der Waals surface area contributed by atoms with Crippen LogP contribution in [0.15, 0.2) is 128 Å². The quantitative estimate of drug-likeness (QED) is 0.237. The zero-order chi connectivity index (χ0) is 23.6. The highest BCUT2D eigenvalue weighted by molar-refractivity contribution is 6.26. The van der Waals surface area contributed by atoms with Gasteiger partial charge in [0.1, 0.15) is 0 Å². The number of hydrogen-bond acceptors (Lipinski definition) is 1. The Kier molecular flexibility index (Phi) is 4.00. The summed E-state index contributed by atoms with van der Waals surface area (Å²) in [5, 5.41) is 7.59. The minimum atomic E-state index is 1.19. The van der Waals surface area contributed by atoms with Crippen LogP contribution < -0.4 is 0 Å². The average molecular weight is 456 g/mol. The van der Waals surface area contributed by atoms with Crippen LogP contribution in [0.1, 0.15) is 0 Å². The fraction of sp³-hybridized carbons (Fsp3) is 0. The first-order valence-electron chi connectivity index (χ1n) is 12.4. The van der Waals surface area contributed by atoms with E-state index >= 15 is 0 Å². The van der Waals surface area contributed by atoms with Crippen molar-refractivity contribution in [3.8, 4) is 44.5 Å². The second-order valence-electron chi connectivity index (χ2n) is 9.52. The maximum Gasteiger partial charge on any atom is 0.0353 e. The highest BCUT2D eigenvalue weighted by Gasteiger charge is 2.24. The van der Waals surface area contributed by atoms with E-state index in [9.17, 15) is 0 Å². The maximum atomic E-state index is 4.60. The van der Waals surface area contributed by atoms with E-state index in [-0.39, 0.29) is 0 Å². The number of hydrogen-bond donors (Lipinski definition) is 0. The highest BCUT2D eigenvalue weighted by Crippen LogP contribution is 2.51. The largest absolute Gasteiger partial charge is 0.264 e. The van der Waals surface area contributed by atoms with Gasteiger partial charge < -0.3 is 0 Å². The molecule has 0 N–H and O–H groups in total. The normalized spacial score (nSPS) is 11.9. The molecule has 0 atom stereocenters. The van der Waals surface area contributed by atoms with E-state index in [1.54, 1.807) is 0 Å². The number of pyridine rings is 1. The standard InChI is InChI=1S/C35H21N/c1-2-9-22(10-3-1)33-26-13-6-7-14-27(26)35(32-21-36-20-19-31(32)33)30-18-17-29-24-12-5-4-11-23(24)25-15-8-16-28(30)34(25)29/h1-21H. The average Bonchev–Trinajstić information content (AvgIpc) is 3.28. The topological polar surface area (TPSA) is 12.9 Å². The van der Waals surface area contributed by atoms with Crippen LogP contribution >= 0.6 is 0 Å². The van der Waals surface area contributed by atoms with Crippen LogP contribution in [0.5, 0.6) is 0 Å². The van der Waals surface area contributed by atoms with Gasteiger partial charge in [0, 0.05) is 17.8 Å². The fourth-order valence-corrected chi connectivity index (χ4v) is 6.25. The summed E-state index contributed by atoms with van der Waals surface area (Å²) in [6.07, 6.45) is 3.96. The monoisotopic (exact) mass is 455 g/mol. The van der Waals surface area contributed by atoms with E-state index < -0.39 is 0 Å². The predicted octanol–water partition coefficient (Wildman–Crippen LogP) is 9.52. The molecule has 1 heterocycles. The molecule has 1 aliphatic rings. The van der Waals surface area contributed by atoms with Crippen molar-refractivity contribution in [2.75, 3.05) is 0 Å². The van der Waals surface area contributed by atoms with Crippen molar-refractivity contribution in [3.05, 3.63) is 128 Å². The Morgan fingerprint density at radius 1 is 0.361 bits per heavy atom. The molecule has 0 aliphatic heterocycles. The van der Waals surface area contributed by atoms with E-state index in [1.807, 2.05) is 12.4 Å². The lowest BCUT2D eigenvalue weighted by Gasteiger charge is -2.19. The second kappa shape index (κ2) is 7.37. The summed E-state index contributed by atoms with van der Waals surface area (Å²) >= 11 is 0. The first-order valence-corrected chi connectivity index (χ1v) is 12.4. The summed E-state index contributed by atoms with van der Waals surface area (Å²) in [7, 11) is 0. The Morgan fingerprint density at radius 2 is 0.944 bits per heavy atom. The zero-order valence-electron chi connectivity index (χ0n) is 19.6. The molecule has 6 aromatic carbocycles. The third-order valence-electron chi connectivity index (χ3n) is 7.71. The third kappa shape index (κ3) is 2.57. The first-order chi connectivity index (χ1) is 17.9. The molecule has 1 aliphatic carbocycles. The molecule has 0 radical (unpaired) electrons. The van der Waals surface area contributed by atoms with Gasteiger partial charge in [-0.25, -0.2) is 0 Å². The van der Waals surface area contributed by atoms with Crippen molar-refractivity contribution < 1.29 is 0 Å². The van der Waals surface area contributed by atoms with Gasteiger partial charge in [0.15, 0.2) is 0 Å². The third-order valence-corrected chi connectivity index (χ3v) is 7.71. The molecule has 0 fully saturated rings. The van der Waals surface area contributed by atoms with Crippen LogP contribution in [-0.2, 0) is 0 Å². The Balaban J connectivity index is 1.55. The second-order valence-corrected chi connectivity index (χ2v) is 9.52. The van der Waals surface area contributed by atoms with Crippen molar-refractivity contribution in [1.82, 2.24) is 4.98 Å². The molecule has 0 spiro atoms.